The summed E-state index contributed by atoms with van der Waals surface area (Å²) in [5.41, 5.74) is 0. The van der Waals surface area contributed by atoms with Crippen LogP contribution in [0, 0.1) is 0 Å². The average molecular weight is 356 g/mol. The molecule has 0 heterocycles. The normalized spacial score (nSPS) is 10.1. The van der Waals surface area contributed by atoms with Crippen LogP contribution in [0.1, 0.15) is 78.1 Å². The Morgan fingerprint density at radius 2 is 0.895 bits per heavy atom. The molecule has 120 valence electrons. The van der Waals surface area contributed by atoms with E-state index in [9.17, 15) is 0 Å². The lowest BCUT2D eigenvalue weighted by atomic mass is 10.2. The Morgan fingerprint density at radius 1 is 0.579 bits per heavy atom. The minimum absolute atomic E-state index is 0. The third-order valence-electron chi connectivity index (χ3n) is 2.55. The van der Waals surface area contributed by atoms with Gasteiger partial charge in [0.05, 0.1) is 0 Å². The van der Waals surface area contributed by atoms with E-state index in [0.717, 1.165) is 12.8 Å². The van der Waals surface area contributed by atoms with E-state index in [2.05, 4.69) is 13.8 Å². The van der Waals surface area contributed by atoms with Crippen molar-refractivity contribution in [3.63, 3.8) is 0 Å². The fraction of sp³-hybridized carbons (Fsp3) is 1.00. The molecule has 0 spiro atoms. The maximum absolute atomic E-state index is 5.52. The lowest BCUT2D eigenvalue weighted by Crippen LogP contribution is -1.85. The predicted molar refractivity (Wildman–Crippen MR) is 92.1 cm³/mol. The van der Waals surface area contributed by atoms with E-state index < -0.39 is 0 Å². The van der Waals surface area contributed by atoms with Crippen LogP contribution in [0.4, 0.5) is 0 Å². The molecule has 0 atom stereocenters. The fourth-order valence-corrected chi connectivity index (χ4v) is 2.07. The summed E-state index contributed by atoms with van der Waals surface area (Å²) in [6.07, 6.45) is 11.9. The van der Waals surface area contributed by atoms with Crippen LogP contribution in [-0.4, -0.2) is 15.1 Å². The molecule has 0 aromatic rings. The number of unbranched alkanes of at least 4 members (excludes halogenated alkanes) is 6. The molecule has 0 rings (SSSR count). The topological polar surface area (TPSA) is 31.5 Å². The van der Waals surface area contributed by atoms with Crippen molar-refractivity contribution in [1.29, 1.82) is 0 Å². The number of halogens is 4. The van der Waals surface area contributed by atoms with Gasteiger partial charge in [-0.15, -0.1) is 46.4 Å². The van der Waals surface area contributed by atoms with Crippen molar-refractivity contribution in [1.82, 2.24) is 0 Å². The van der Waals surface area contributed by atoms with Crippen molar-refractivity contribution in [2.24, 2.45) is 0 Å². The second-order valence-corrected chi connectivity index (χ2v) is 7.03. The van der Waals surface area contributed by atoms with Gasteiger partial charge in [0.2, 0.25) is 0 Å². The fourth-order valence-electron chi connectivity index (χ4n) is 1.45. The van der Waals surface area contributed by atoms with E-state index >= 15 is 0 Å². The SMILES string of the molecule is CCCCCCC(Cl)Cl.CCCCCCC(Cl)Cl.O. The third kappa shape index (κ3) is 32.6. The first-order chi connectivity index (χ1) is 8.54. The van der Waals surface area contributed by atoms with Gasteiger partial charge in [0, 0.05) is 0 Å². The number of hydrogen-bond acceptors (Lipinski definition) is 0. The zero-order chi connectivity index (χ0) is 14.2. The molecule has 0 bridgehead atoms. The van der Waals surface area contributed by atoms with Crippen LogP contribution >= 0.6 is 46.4 Å². The van der Waals surface area contributed by atoms with Crippen molar-refractivity contribution in [2.75, 3.05) is 0 Å². The Bertz CT molecular complexity index is 127. The first-order valence-corrected chi connectivity index (χ1v) is 8.85. The molecule has 0 aromatic heterocycles. The number of alkyl halides is 4. The van der Waals surface area contributed by atoms with Gasteiger partial charge in [0.1, 0.15) is 9.67 Å². The van der Waals surface area contributed by atoms with E-state index in [1.807, 2.05) is 0 Å². The smallest absolute Gasteiger partial charge is 0.107 e. The number of rotatable bonds is 10. The summed E-state index contributed by atoms with van der Waals surface area (Å²) in [5, 5.41) is 0. The zero-order valence-electron chi connectivity index (χ0n) is 12.2. The van der Waals surface area contributed by atoms with E-state index in [1.165, 1.54) is 51.4 Å². The Hall–Kier alpha value is 1.12. The van der Waals surface area contributed by atoms with E-state index in [4.69, 9.17) is 46.4 Å². The van der Waals surface area contributed by atoms with Crippen LogP contribution < -0.4 is 0 Å². The summed E-state index contributed by atoms with van der Waals surface area (Å²) in [6.45, 7) is 4.39. The molecule has 19 heavy (non-hydrogen) atoms. The quantitative estimate of drug-likeness (QED) is 0.308. The second kappa shape index (κ2) is 21.4. The molecule has 0 unspecified atom stereocenters. The molecule has 0 aromatic carbocycles. The van der Waals surface area contributed by atoms with Crippen molar-refractivity contribution in [2.45, 2.75) is 87.7 Å². The highest BCUT2D eigenvalue weighted by molar-refractivity contribution is 6.44. The molecule has 2 N–H and O–H groups in total. The average Bonchev–Trinajstić information content (AvgIpc) is 2.31. The highest BCUT2D eigenvalue weighted by Gasteiger charge is 1.96. The molecule has 5 heteroatoms. The van der Waals surface area contributed by atoms with Gasteiger partial charge in [-0.2, -0.15) is 0 Å². The maximum Gasteiger partial charge on any atom is 0.107 e. The molecule has 1 nitrogen and oxygen atoms in total. The minimum Gasteiger partial charge on any atom is -0.412 e. The van der Waals surface area contributed by atoms with Crippen molar-refractivity contribution in [3.8, 4) is 0 Å². The molecule has 0 aliphatic heterocycles. The highest BCUT2D eigenvalue weighted by Crippen LogP contribution is 2.13. The zero-order valence-corrected chi connectivity index (χ0v) is 15.3. The van der Waals surface area contributed by atoms with Crippen molar-refractivity contribution >= 4 is 46.4 Å². The Morgan fingerprint density at radius 3 is 1.11 bits per heavy atom. The van der Waals surface area contributed by atoms with Gasteiger partial charge in [-0.3, -0.25) is 0 Å². The van der Waals surface area contributed by atoms with Gasteiger partial charge >= 0.3 is 0 Å². The Kier molecular flexibility index (Phi) is 28.3. The van der Waals surface area contributed by atoms with Crippen molar-refractivity contribution < 1.29 is 5.48 Å². The molecular formula is C14H30Cl4O. The van der Waals surface area contributed by atoms with Crippen LogP contribution in [0.3, 0.4) is 0 Å². The van der Waals surface area contributed by atoms with E-state index in [0.29, 0.717) is 0 Å². The first kappa shape index (κ1) is 25.1. The van der Waals surface area contributed by atoms with Gasteiger partial charge < -0.3 is 5.48 Å². The molecule has 0 fully saturated rings. The summed E-state index contributed by atoms with van der Waals surface area (Å²) >= 11 is 22.1. The predicted octanol–water partition coefficient (Wildman–Crippen LogP) is 6.70. The third-order valence-corrected chi connectivity index (χ3v) is 3.42. The molecule has 0 saturated carbocycles. The van der Waals surface area contributed by atoms with Crippen LogP contribution in [0.25, 0.3) is 0 Å². The monoisotopic (exact) mass is 354 g/mol. The summed E-state index contributed by atoms with van der Waals surface area (Å²) in [4.78, 5) is -0.302. The van der Waals surface area contributed by atoms with Gasteiger partial charge in [0.25, 0.3) is 0 Å². The second-order valence-electron chi connectivity index (χ2n) is 4.48. The molecule has 0 saturated heterocycles. The maximum atomic E-state index is 5.52. The molecule has 0 radical (unpaired) electrons. The summed E-state index contributed by atoms with van der Waals surface area (Å²) in [6, 6.07) is 0. The van der Waals surface area contributed by atoms with E-state index in [1.54, 1.807) is 0 Å². The van der Waals surface area contributed by atoms with Crippen LogP contribution in [-0.2, 0) is 0 Å². The van der Waals surface area contributed by atoms with Gasteiger partial charge in [0.15, 0.2) is 0 Å². The largest absolute Gasteiger partial charge is 0.412 e. The Balaban J connectivity index is -0.000000256. The van der Waals surface area contributed by atoms with Crippen LogP contribution in [0.15, 0.2) is 0 Å². The summed E-state index contributed by atoms with van der Waals surface area (Å²) in [5.74, 6) is 0. The lowest BCUT2D eigenvalue weighted by Gasteiger charge is -1.98. The van der Waals surface area contributed by atoms with Gasteiger partial charge in [-0.05, 0) is 12.8 Å². The highest BCUT2D eigenvalue weighted by atomic mass is 35.5. The molecule has 0 aliphatic rings. The first-order valence-electron chi connectivity index (χ1n) is 7.10. The molecule has 0 aliphatic carbocycles. The lowest BCUT2D eigenvalue weighted by molar-refractivity contribution is 0.650. The number of hydrogen-bond donors (Lipinski definition) is 0. The van der Waals surface area contributed by atoms with Gasteiger partial charge in [-0.1, -0.05) is 65.2 Å². The standard InChI is InChI=1S/2C7H14Cl2.H2O/c2*1-2-3-4-5-6-7(8)9;/h2*7H,2-6H2,1H3;1H2. The van der Waals surface area contributed by atoms with Crippen LogP contribution in [0.5, 0.6) is 0 Å². The van der Waals surface area contributed by atoms with E-state index in [-0.39, 0.29) is 15.1 Å². The summed E-state index contributed by atoms with van der Waals surface area (Å²) in [7, 11) is 0. The van der Waals surface area contributed by atoms with Crippen molar-refractivity contribution in [3.05, 3.63) is 0 Å². The summed E-state index contributed by atoms with van der Waals surface area (Å²) < 4.78 is 0. The molecular weight excluding hydrogens is 326 g/mol. The van der Waals surface area contributed by atoms with Crippen LogP contribution in [0.2, 0.25) is 0 Å². The van der Waals surface area contributed by atoms with Gasteiger partial charge in [-0.25, -0.2) is 0 Å². The Labute approximate surface area is 139 Å². The molecule has 0 amide bonds. The minimum atomic E-state index is -0.151.